The third-order valence-corrected chi connectivity index (χ3v) is 4.87. The molecule has 0 saturated carbocycles. The molecule has 25 heavy (non-hydrogen) atoms. The molecule has 0 spiro atoms. The van der Waals surface area contributed by atoms with Crippen molar-refractivity contribution < 1.29 is 31.1 Å². The van der Waals surface area contributed by atoms with Crippen LogP contribution in [0.4, 0.5) is 18.9 Å². The molecular weight excluding hydrogens is 383 g/mol. The maximum Gasteiger partial charge on any atom is 0.416 e. The van der Waals surface area contributed by atoms with E-state index in [1.165, 1.54) is 26.4 Å². The van der Waals surface area contributed by atoms with E-state index in [9.17, 15) is 21.6 Å². The average molecular weight is 396 g/mol. The van der Waals surface area contributed by atoms with E-state index < -0.39 is 21.8 Å². The molecule has 2 aromatic rings. The molecule has 1 N–H and O–H groups in total. The molecule has 0 atom stereocenters. The number of hydrogen-bond acceptors (Lipinski definition) is 4. The third-order valence-electron chi connectivity index (χ3n) is 3.17. The number of nitrogens with one attached hydrogen (secondary N) is 1. The molecule has 136 valence electrons. The molecule has 0 fully saturated rings. The normalized spacial score (nSPS) is 11.9. The second kappa shape index (κ2) is 7.01. The second-order valence-corrected chi connectivity index (χ2v) is 6.88. The first-order valence-corrected chi connectivity index (χ1v) is 8.56. The number of sulfonamides is 1. The van der Waals surface area contributed by atoms with Gasteiger partial charge in [0.05, 0.1) is 24.8 Å². The lowest BCUT2D eigenvalue weighted by Gasteiger charge is -2.15. The number of methoxy groups -OCH3 is 2. The van der Waals surface area contributed by atoms with Crippen LogP contribution in [0.2, 0.25) is 5.02 Å². The Balaban J connectivity index is 2.47. The van der Waals surface area contributed by atoms with Crippen molar-refractivity contribution in [2.45, 2.75) is 11.1 Å². The Hall–Kier alpha value is -2.13. The Labute approximate surface area is 147 Å². The van der Waals surface area contributed by atoms with Gasteiger partial charge in [0.2, 0.25) is 0 Å². The van der Waals surface area contributed by atoms with E-state index >= 15 is 0 Å². The third kappa shape index (κ3) is 4.29. The highest BCUT2D eigenvalue weighted by molar-refractivity contribution is 7.92. The van der Waals surface area contributed by atoms with Crippen LogP contribution in [0.3, 0.4) is 0 Å². The number of halogens is 4. The van der Waals surface area contributed by atoms with Gasteiger partial charge in [0.1, 0.15) is 16.4 Å². The molecule has 10 heteroatoms. The van der Waals surface area contributed by atoms with Gasteiger partial charge in [-0.2, -0.15) is 13.2 Å². The molecule has 0 radical (unpaired) electrons. The minimum Gasteiger partial charge on any atom is -0.495 e. The first-order valence-electron chi connectivity index (χ1n) is 6.70. The number of ether oxygens (including phenoxy) is 2. The number of anilines is 1. The molecular formula is C15H13ClF3NO4S. The van der Waals surface area contributed by atoms with Crippen LogP contribution in [0.1, 0.15) is 5.56 Å². The molecule has 2 rings (SSSR count). The summed E-state index contributed by atoms with van der Waals surface area (Å²) in [7, 11) is -1.72. The van der Waals surface area contributed by atoms with Crippen molar-refractivity contribution in [1.29, 1.82) is 0 Å². The second-order valence-electron chi connectivity index (χ2n) is 4.82. The van der Waals surface area contributed by atoms with Crippen LogP contribution in [0, 0.1) is 0 Å². The van der Waals surface area contributed by atoms with E-state index in [0.717, 1.165) is 18.2 Å². The van der Waals surface area contributed by atoms with Crippen molar-refractivity contribution >= 4 is 27.3 Å². The minimum atomic E-state index is -4.59. The highest BCUT2D eigenvalue weighted by Gasteiger charge is 2.31. The van der Waals surface area contributed by atoms with Crippen molar-refractivity contribution in [3.8, 4) is 11.5 Å². The van der Waals surface area contributed by atoms with E-state index in [-0.39, 0.29) is 27.1 Å². The van der Waals surface area contributed by atoms with Gasteiger partial charge in [0.25, 0.3) is 10.0 Å². The van der Waals surface area contributed by atoms with Gasteiger partial charge < -0.3 is 9.47 Å². The van der Waals surface area contributed by atoms with E-state index in [4.69, 9.17) is 21.1 Å². The van der Waals surface area contributed by atoms with Gasteiger partial charge in [-0.3, -0.25) is 4.72 Å². The molecule has 0 aliphatic rings. The van der Waals surface area contributed by atoms with Crippen LogP contribution in [-0.2, 0) is 16.2 Å². The fraction of sp³-hybridized carbons (Fsp3) is 0.200. The summed E-state index contributed by atoms with van der Waals surface area (Å²) in [5, 5.41) is 0.123. The lowest BCUT2D eigenvalue weighted by molar-refractivity contribution is -0.137. The van der Waals surface area contributed by atoms with Crippen molar-refractivity contribution in [2.75, 3.05) is 18.9 Å². The van der Waals surface area contributed by atoms with Crippen molar-refractivity contribution in [1.82, 2.24) is 0 Å². The monoisotopic (exact) mass is 395 g/mol. The summed E-state index contributed by atoms with van der Waals surface area (Å²) < 4.78 is 75.4. The van der Waals surface area contributed by atoms with Crippen molar-refractivity contribution in [3.05, 3.63) is 47.0 Å². The van der Waals surface area contributed by atoms with Gasteiger partial charge in [-0.1, -0.05) is 17.7 Å². The maximum atomic E-state index is 12.8. The predicted molar refractivity (Wildman–Crippen MR) is 86.8 cm³/mol. The molecule has 0 bridgehead atoms. The summed E-state index contributed by atoms with van der Waals surface area (Å²) in [5.41, 5.74) is -1.22. The SMILES string of the molecule is COc1cc(S(=O)(=O)Nc2cccc(C(F)(F)F)c2)c(OC)cc1Cl. The van der Waals surface area contributed by atoms with E-state index in [2.05, 4.69) is 4.72 Å². The average Bonchev–Trinajstić information content (AvgIpc) is 2.53. The van der Waals surface area contributed by atoms with Crippen LogP contribution in [0.5, 0.6) is 11.5 Å². The molecule has 0 heterocycles. The van der Waals surface area contributed by atoms with Crippen LogP contribution < -0.4 is 14.2 Å². The van der Waals surface area contributed by atoms with Gasteiger partial charge in [-0.15, -0.1) is 0 Å². The van der Waals surface area contributed by atoms with Crippen LogP contribution in [0.25, 0.3) is 0 Å². The Kier molecular flexibility index (Phi) is 5.38. The Morgan fingerprint density at radius 1 is 1.04 bits per heavy atom. The van der Waals surface area contributed by atoms with Crippen LogP contribution >= 0.6 is 11.6 Å². The summed E-state index contributed by atoms with van der Waals surface area (Å²) in [6.07, 6.45) is -4.59. The zero-order chi connectivity index (χ0) is 18.8. The first-order chi connectivity index (χ1) is 11.6. The van der Waals surface area contributed by atoms with E-state index in [1.807, 2.05) is 0 Å². The summed E-state index contributed by atoms with van der Waals surface area (Å²) in [6, 6.07) is 6.19. The first kappa shape index (κ1) is 19.2. The zero-order valence-corrected chi connectivity index (χ0v) is 14.6. The van der Waals surface area contributed by atoms with Crippen LogP contribution in [0.15, 0.2) is 41.3 Å². The standard InChI is InChI=1S/C15H13ClF3NO4S/c1-23-12-8-14(13(24-2)7-11(12)16)25(21,22)20-10-5-3-4-9(6-10)15(17,18)19/h3-8,20H,1-2H3. The molecule has 2 aromatic carbocycles. The summed E-state index contributed by atoms with van der Waals surface area (Å²) >= 11 is 5.92. The summed E-state index contributed by atoms with van der Waals surface area (Å²) in [5.74, 6) is -0.00263. The molecule has 0 aliphatic carbocycles. The van der Waals surface area contributed by atoms with Crippen molar-refractivity contribution in [2.24, 2.45) is 0 Å². The molecule has 0 amide bonds. The quantitative estimate of drug-likeness (QED) is 0.825. The van der Waals surface area contributed by atoms with E-state index in [0.29, 0.717) is 6.07 Å². The Morgan fingerprint density at radius 3 is 2.24 bits per heavy atom. The number of hydrogen-bond donors (Lipinski definition) is 1. The van der Waals surface area contributed by atoms with Crippen molar-refractivity contribution in [3.63, 3.8) is 0 Å². The molecule has 0 unspecified atom stereocenters. The van der Waals surface area contributed by atoms with Gasteiger partial charge in [0, 0.05) is 17.8 Å². The molecule has 0 aliphatic heterocycles. The number of alkyl halides is 3. The van der Waals surface area contributed by atoms with Gasteiger partial charge in [-0.05, 0) is 18.2 Å². The van der Waals surface area contributed by atoms with Gasteiger partial charge in [0.15, 0.2) is 0 Å². The largest absolute Gasteiger partial charge is 0.495 e. The van der Waals surface area contributed by atoms with Gasteiger partial charge in [-0.25, -0.2) is 8.42 Å². The van der Waals surface area contributed by atoms with Gasteiger partial charge >= 0.3 is 6.18 Å². The minimum absolute atomic E-state index is 0.0758. The lowest BCUT2D eigenvalue weighted by Crippen LogP contribution is -2.15. The highest BCUT2D eigenvalue weighted by atomic mass is 35.5. The summed E-state index contributed by atoms with van der Waals surface area (Å²) in [6.45, 7) is 0. The highest BCUT2D eigenvalue weighted by Crippen LogP contribution is 2.36. The molecule has 0 saturated heterocycles. The fourth-order valence-electron chi connectivity index (χ4n) is 2.01. The summed E-state index contributed by atoms with van der Waals surface area (Å²) in [4.78, 5) is -0.325. The lowest BCUT2D eigenvalue weighted by atomic mass is 10.2. The fourth-order valence-corrected chi connectivity index (χ4v) is 3.46. The number of benzene rings is 2. The Bertz CT molecular complexity index is 885. The van der Waals surface area contributed by atoms with Crippen LogP contribution in [-0.4, -0.2) is 22.6 Å². The molecule has 0 aromatic heterocycles. The topological polar surface area (TPSA) is 64.6 Å². The molecule has 5 nitrogen and oxygen atoms in total. The predicted octanol–water partition coefficient (Wildman–Crippen LogP) is 4.18. The zero-order valence-electron chi connectivity index (χ0n) is 13.0. The Morgan fingerprint density at radius 2 is 1.68 bits per heavy atom. The van der Waals surface area contributed by atoms with E-state index in [1.54, 1.807) is 0 Å². The smallest absolute Gasteiger partial charge is 0.416 e. The number of rotatable bonds is 5. The maximum absolute atomic E-state index is 12.8.